The number of rotatable bonds is 4. The summed E-state index contributed by atoms with van der Waals surface area (Å²) in [5.74, 6) is -4.17. The number of methoxy groups -OCH3 is 1. The van der Waals surface area contributed by atoms with Crippen LogP contribution in [-0.4, -0.2) is 31.4 Å². The van der Waals surface area contributed by atoms with Crippen molar-refractivity contribution in [2.75, 3.05) is 13.7 Å². The maximum absolute atomic E-state index is 14.0. The first kappa shape index (κ1) is 20.8. The van der Waals surface area contributed by atoms with Gasteiger partial charge in [-0.2, -0.15) is 0 Å². The van der Waals surface area contributed by atoms with Crippen molar-refractivity contribution in [2.24, 2.45) is 11.8 Å². The molecule has 29 heavy (non-hydrogen) atoms. The summed E-state index contributed by atoms with van der Waals surface area (Å²) in [6, 6.07) is 5.78. The number of benzene rings is 1. The van der Waals surface area contributed by atoms with Crippen molar-refractivity contribution >= 4 is 17.7 Å². The van der Waals surface area contributed by atoms with E-state index in [4.69, 9.17) is 9.47 Å². The topological polar surface area (TPSA) is 81.7 Å². The normalized spacial score (nSPS) is 24.0. The van der Waals surface area contributed by atoms with Crippen LogP contribution in [0.2, 0.25) is 0 Å². The number of Topliss-reactive ketones (excluding diaryl/α,β-unsaturated/α-hetero) is 1. The van der Waals surface area contributed by atoms with E-state index in [1.165, 1.54) is 25.3 Å². The minimum Gasteiger partial charge on any atom is -0.468 e. The Kier molecular flexibility index (Phi) is 5.86. The molecule has 7 heteroatoms. The third-order valence-electron chi connectivity index (χ3n) is 5.42. The van der Waals surface area contributed by atoms with Crippen LogP contribution in [0, 0.1) is 17.7 Å². The number of hydrogen-bond acceptors (Lipinski definition) is 6. The van der Waals surface area contributed by atoms with Crippen LogP contribution in [0.25, 0.3) is 0 Å². The fourth-order valence-electron chi connectivity index (χ4n) is 4.18. The van der Waals surface area contributed by atoms with Crippen molar-refractivity contribution in [3.05, 3.63) is 58.2 Å². The number of carbonyl (C=O) groups excluding carboxylic acids is 3. The van der Waals surface area contributed by atoms with Crippen LogP contribution < -0.4 is 5.32 Å². The first-order valence-corrected chi connectivity index (χ1v) is 9.55. The highest BCUT2D eigenvalue weighted by atomic mass is 19.1. The van der Waals surface area contributed by atoms with Gasteiger partial charge in [0.1, 0.15) is 11.7 Å². The quantitative estimate of drug-likeness (QED) is 0.617. The Morgan fingerprint density at radius 2 is 2.03 bits per heavy atom. The van der Waals surface area contributed by atoms with Crippen LogP contribution in [0.3, 0.4) is 0 Å². The third kappa shape index (κ3) is 3.69. The second-order valence-corrected chi connectivity index (χ2v) is 7.31. The fraction of sp³-hybridized carbons (Fsp3) is 0.409. The molecule has 0 aromatic heterocycles. The van der Waals surface area contributed by atoms with Crippen LogP contribution in [0.4, 0.5) is 4.39 Å². The molecule has 154 valence electrons. The maximum atomic E-state index is 14.0. The van der Waals surface area contributed by atoms with Crippen molar-refractivity contribution in [3.8, 4) is 0 Å². The molecule has 0 fully saturated rings. The fourth-order valence-corrected chi connectivity index (χ4v) is 4.18. The molecule has 1 heterocycles. The second-order valence-electron chi connectivity index (χ2n) is 7.31. The average molecular weight is 401 g/mol. The van der Waals surface area contributed by atoms with Gasteiger partial charge < -0.3 is 14.8 Å². The molecule has 1 N–H and O–H groups in total. The summed E-state index contributed by atoms with van der Waals surface area (Å²) in [7, 11) is 1.24. The highest BCUT2D eigenvalue weighted by Gasteiger charge is 2.47. The van der Waals surface area contributed by atoms with E-state index in [0.717, 1.165) is 0 Å². The molecule has 0 bridgehead atoms. The largest absolute Gasteiger partial charge is 0.468 e. The SMILES string of the molecule is CCOC(=O)C1=C(C)NC2=C(C(=O)[C@H](C(=O)OC)[C@@H](C)C2)[C@@H]1c1cccc(F)c1. The third-order valence-corrected chi connectivity index (χ3v) is 5.42. The van der Waals surface area contributed by atoms with E-state index in [1.807, 2.05) is 6.92 Å². The predicted octanol–water partition coefficient (Wildman–Crippen LogP) is 3.00. The van der Waals surface area contributed by atoms with Gasteiger partial charge in [0.2, 0.25) is 0 Å². The van der Waals surface area contributed by atoms with E-state index in [9.17, 15) is 18.8 Å². The van der Waals surface area contributed by atoms with E-state index < -0.39 is 35.4 Å². The van der Waals surface area contributed by atoms with E-state index in [-0.39, 0.29) is 23.7 Å². The summed E-state index contributed by atoms with van der Waals surface area (Å²) in [5, 5.41) is 3.15. The molecule has 3 atom stereocenters. The van der Waals surface area contributed by atoms with Crippen LogP contribution in [0.1, 0.15) is 38.7 Å². The molecule has 0 amide bonds. The molecule has 1 aliphatic heterocycles. The van der Waals surface area contributed by atoms with Gasteiger partial charge in [0.15, 0.2) is 5.78 Å². The summed E-state index contributed by atoms with van der Waals surface area (Å²) < 4.78 is 24.1. The Morgan fingerprint density at radius 1 is 1.31 bits per heavy atom. The van der Waals surface area contributed by atoms with Crippen LogP contribution >= 0.6 is 0 Å². The molecule has 1 aromatic rings. The Labute approximate surface area is 168 Å². The summed E-state index contributed by atoms with van der Waals surface area (Å²) in [5.41, 5.74) is 2.17. The number of dihydropyridines is 1. The first-order valence-electron chi connectivity index (χ1n) is 9.55. The highest BCUT2D eigenvalue weighted by molar-refractivity contribution is 6.12. The van der Waals surface area contributed by atoms with Gasteiger partial charge in [-0.25, -0.2) is 9.18 Å². The molecule has 1 aromatic carbocycles. The van der Waals surface area contributed by atoms with E-state index in [1.54, 1.807) is 19.9 Å². The smallest absolute Gasteiger partial charge is 0.336 e. The van der Waals surface area contributed by atoms with Crippen molar-refractivity contribution < 1.29 is 28.2 Å². The molecule has 0 unspecified atom stereocenters. The number of halogens is 1. The highest BCUT2D eigenvalue weighted by Crippen LogP contribution is 2.45. The Hall–Kier alpha value is -2.96. The number of carbonyl (C=O) groups is 3. The summed E-state index contributed by atoms with van der Waals surface area (Å²) in [6.07, 6.45) is 0.431. The first-order chi connectivity index (χ1) is 13.8. The second kappa shape index (κ2) is 8.19. The standard InChI is InChI=1S/C22H24FNO5/c1-5-29-22(27)17-12(3)24-15-9-11(2)16(21(26)28-4)20(25)19(15)18(17)13-7-6-8-14(23)10-13/h6-8,10-11,16,18,24H,5,9H2,1-4H3/t11-,16+,18+/m0/s1. The van der Waals surface area contributed by atoms with Crippen molar-refractivity contribution in [1.29, 1.82) is 0 Å². The van der Waals surface area contributed by atoms with Crippen molar-refractivity contribution in [3.63, 3.8) is 0 Å². The zero-order valence-corrected chi connectivity index (χ0v) is 16.9. The molecule has 0 radical (unpaired) electrons. The van der Waals surface area contributed by atoms with Crippen LogP contribution in [0.15, 0.2) is 46.8 Å². The van der Waals surface area contributed by atoms with E-state index in [0.29, 0.717) is 23.4 Å². The zero-order valence-electron chi connectivity index (χ0n) is 16.9. The number of esters is 2. The van der Waals surface area contributed by atoms with Crippen LogP contribution in [0.5, 0.6) is 0 Å². The van der Waals surface area contributed by atoms with Gasteiger partial charge in [-0.3, -0.25) is 9.59 Å². The Balaban J connectivity index is 2.19. The van der Waals surface area contributed by atoms with Gasteiger partial charge in [0.25, 0.3) is 0 Å². The predicted molar refractivity (Wildman–Crippen MR) is 103 cm³/mol. The summed E-state index contributed by atoms with van der Waals surface area (Å²) in [6.45, 7) is 5.38. The van der Waals surface area contributed by atoms with Gasteiger partial charge in [-0.1, -0.05) is 19.1 Å². The van der Waals surface area contributed by atoms with Gasteiger partial charge in [-0.05, 0) is 43.9 Å². The summed E-state index contributed by atoms with van der Waals surface area (Å²) in [4.78, 5) is 38.5. The Morgan fingerprint density at radius 3 is 2.66 bits per heavy atom. The Bertz CT molecular complexity index is 933. The minimum atomic E-state index is -0.974. The van der Waals surface area contributed by atoms with Gasteiger partial charge in [-0.15, -0.1) is 0 Å². The van der Waals surface area contributed by atoms with Crippen molar-refractivity contribution in [1.82, 2.24) is 5.32 Å². The number of ketones is 1. The lowest BCUT2D eigenvalue weighted by atomic mass is 9.69. The molecule has 6 nitrogen and oxygen atoms in total. The molecule has 0 saturated carbocycles. The number of allylic oxidation sites excluding steroid dienone is 3. The lowest BCUT2D eigenvalue weighted by Crippen LogP contribution is -2.43. The van der Waals surface area contributed by atoms with E-state index in [2.05, 4.69) is 5.32 Å². The molecule has 2 aliphatic rings. The van der Waals surface area contributed by atoms with Crippen LogP contribution in [-0.2, 0) is 23.9 Å². The molecular formula is C22H24FNO5. The minimum absolute atomic E-state index is 0.160. The van der Waals surface area contributed by atoms with Gasteiger partial charge in [0, 0.05) is 22.9 Å². The molecule has 3 rings (SSSR count). The maximum Gasteiger partial charge on any atom is 0.336 e. The molecule has 0 spiro atoms. The average Bonchev–Trinajstić information content (AvgIpc) is 2.66. The lowest BCUT2D eigenvalue weighted by Gasteiger charge is -2.38. The monoisotopic (exact) mass is 401 g/mol. The van der Waals surface area contributed by atoms with Crippen molar-refractivity contribution in [2.45, 2.75) is 33.1 Å². The number of hydrogen-bond donors (Lipinski definition) is 1. The zero-order chi connectivity index (χ0) is 21.3. The molecule has 0 saturated heterocycles. The van der Waals surface area contributed by atoms with Gasteiger partial charge in [0.05, 0.1) is 19.3 Å². The van der Waals surface area contributed by atoms with Gasteiger partial charge >= 0.3 is 11.9 Å². The molecular weight excluding hydrogens is 377 g/mol. The van der Waals surface area contributed by atoms with E-state index >= 15 is 0 Å². The number of nitrogens with one attached hydrogen (secondary N) is 1. The summed E-state index contributed by atoms with van der Waals surface area (Å²) >= 11 is 0. The molecule has 1 aliphatic carbocycles. The lowest BCUT2D eigenvalue weighted by molar-refractivity contribution is -0.151. The number of ether oxygens (including phenoxy) is 2.